The van der Waals surface area contributed by atoms with E-state index in [4.69, 9.17) is 9.47 Å². The minimum Gasteiger partial charge on any atom is -0.494 e. The van der Waals surface area contributed by atoms with Gasteiger partial charge in [0.25, 0.3) is 0 Å². The second kappa shape index (κ2) is 9.30. The molecule has 1 heterocycles. The molecule has 5 nitrogen and oxygen atoms in total. The van der Waals surface area contributed by atoms with Gasteiger partial charge in [-0.3, -0.25) is 4.90 Å². The molecule has 2 aromatic carbocycles. The molecule has 25 heavy (non-hydrogen) atoms. The van der Waals surface area contributed by atoms with Crippen LogP contribution in [0, 0.1) is 0 Å². The second-order valence-electron chi connectivity index (χ2n) is 6.05. The van der Waals surface area contributed by atoms with Crippen molar-refractivity contribution in [1.82, 2.24) is 10.2 Å². The van der Waals surface area contributed by atoms with E-state index in [-0.39, 0.29) is 0 Å². The predicted octanol–water partition coefficient (Wildman–Crippen LogP) is 3.11. The number of hydrogen-bond acceptors (Lipinski definition) is 5. The lowest BCUT2D eigenvalue weighted by Crippen LogP contribution is -2.44. The molecule has 2 N–H and O–H groups in total. The number of rotatable bonds is 8. The standard InChI is InChI=1S/C20H27N3O2/c1-2-24-19-7-3-17(4-8-19)22-18-5-9-20(10-6-18)25-16-15-23-13-11-21-12-14-23/h3-10,21-22H,2,11-16H2,1H3. The largest absolute Gasteiger partial charge is 0.494 e. The molecule has 3 rings (SSSR count). The van der Waals surface area contributed by atoms with E-state index in [0.29, 0.717) is 6.61 Å². The van der Waals surface area contributed by atoms with Crippen LogP contribution in [0.5, 0.6) is 11.5 Å². The number of ether oxygens (including phenoxy) is 2. The molecule has 0 aliphatic carbocycles. The van der Waals surface area contributed by atoms with E-state index in [0.717, 1.165) is 62.2 Å². The van der Waals surface area contributed by atoms with Crippen LogP contribution in [0.4, 0.5) is 11.4 Å². The number of hydrogen-bond donors (Lipinski definition) is 2. The van der Waals surface area contributed by atoms with E-state index in [9.17, 15) is 0 Å². The maximum absolute atomic E-state index is 5.85. The molecule has 0 spiro atoms. The van der Waals surface area contributed by atoms with Crippen LogP contribution >= 0.6 is 0 Å². The Balaban J connectivity index is 1.44. The van der Waals surface area contributed by atoms with Gasteiger partial charge in [-0.1, -0.05) is 0 Å². The number of nitrogens with zero attached hydrogens (tertiary/aromatic N) is 1. The third kappa shape index (κ3) is 5.66. The smallest absolute Gasteiger partial charge is 0.119 e. The molecule has 1 saturated heterocycles. The Hall–Kier alpha value is -2.24. The van der Waals surface area contributed by atoms with Crippen molar-refractivity contribution in [2.45, 2.75) is 6.92 Å². The normalized spacial score (nSPS) is 14.9. The summed E-state index contributed by atoms with van der Waals surface area (Å²) in [6.07, 6.45) is 0. The monoisotopic (exact) mass is 341 g/mol. The number of anilines is 2. The van der Waals surface area contributed by atoms with Gasteiger partial charge in [0.05, 0.1) is 6.61 Å². The third-order valence-corrected chi connectivity index (χ3v) is 4.19. The van der Waals surface area contributed by atoms with E-state index < -0.39 is 0 Å². The third-order valence-electron chi connectivity index (χ3n) is 4.19. The van der Waals surface area contributed by atoms with Crippen molar-refractivity contribution >= 4 is 11.4 Å². The fourth-order valence-corrected chi connectivity index (χ4v) is 2.83. The molecule has 0 unspecified atom stereocenters. The van der Waals surface area contributed by atoms with Crippen molar-refractivity contribution in [2.24, 2.45) is 0 Å². The zero-order chi connectivity index (χ0) is 17.3. The highest BCUT2D eigenvalue weighted by atomic mass is 16.5. The summed E-state index contributed by atoms with van der Waals surface area (Å²) in [5, 5.41) is 6.74. The predicted molar refractivity (Wildman–Crippen MR) is 102 cm³/mol. The van der Waals surface area contributed by atoms with Gasteiger partial charge in [-0.25, -0.2) is 0 Å². The van der Waals surface area contributed by atoms with Gasteiger partial charge in [-0.2, -0.15) is 0 Å². The highest BCUT2D eigenvalue weighted by molar-refractivity contribution is 5.60. The molecule has 5 heteroatoms. The van der Waals surface area contributed by atoms with Crippen molar-refractivity contribution in [2.75, 3.05) is 51.3 Å². The lowest BCUT2D eigenvalue weighted by atomic mass is 10.2. The molecule has 0 amide bonds. The first-order valence-corrected chi connectivity index (χ1v) is 8.99. The van der Waals surface area contributed by atoms with Crippen LogP contribution in [-0.2, 0) is 0 Å². The SMILES string of the molecule is CCOc1ccc(Nc2ccc(OCCN3CCNCC3)cc2)cc1. The van der Waals surface area contributed by atoms with Crippen molar-refractivity contribution in [3.63, 3.8) is 0 Å². The quantitative estimate of drug-likeness (QED) is 0.772. The molecule has 1 fully saturated rings. The van der Waals surface area contributed by atoms with Gasteiger partial charge in [-0.15, -0.1) is 0 Å². The van der Waals surface area contributed by atoms with Gasteiger partial charge in [0, 0.05) is 44.1 Å². The summed E-state index contributed by atoms with van der Waals surface area (Å²) in [6, 6.07) is 16.1. The lowest BCUT2D eigenvalue weighted by molar-refractivity contribution is 0.191. The first-order chi connectivity index (χ1) is 12.3. The van der Waals surface area contributed by atoms with Gasteiger partial charge in [0.1, 0.15) is 18.1 Å². The van der Waals surface area contributed by atoms with Crippen molar-refractivity contribution in [3.8, 4) is 11.5 Å². The number of nitrogens with one attached hydrogen (secondary N) is 2. The van der Waals surface area contributed by atoms with Crippen LogP contribution < -0.4 is 20.1 Å². The van der Waals surface area contributed by atoms with Gasteiger partial charge < -0.3 is 20.1 Å². The van der Waals surface area contributed by atoms with Crippen LogP contribution in [0.15, 0.2) is 48.5 Å². The van der Waals surface area contributed by atoms with E-state index in [1.165, 1.54) is 0 Å². The lowest BCUT2D eigenvalue weighted by Gasteiger charge is -2.26. The molecular formula is C20H27N3O2. The van der Waals surface area contributed by atoms with E-state index in [1.54, 1.807) is 0 Å². The molecule has 1 aliphatic rings. The highest BCUT2D eigenvalue weighted by Crippen LogP contribution is 2.22. The van der Waals surface area contributed by atoms with Crippen LogP contribution in [0.1, 0.15) is 6.92 Å². The Labute approximate surface area is 149 Å². The summed E-state index contributed by atoms with van der Waals surface area (Å²) >= 11 is 0. The van der Waals surface area contributed by atoms with Crippen LogP contribution in [0.25, 0.3) is 0 Å². The molecule has 0 saturated carbocycles. The number of piperazine rings is 1. The minimum atomic E-state index is 0.683. The van der Waals surface area contributed by atoms with E-state index in [2.05, 4.69) is 15.5 Å². The molecule has 2 aromatic rings. The molecule has 0 aromatic heterocycles. The Kier molecular flexibility index (Phi) is 6.54. The van der Waals surface area contributed by atoms with E-state index >= 15 is 0 Å². The Morgan fingerprint density at radius 3 is 2.00 bits per heavy atom. The first-order valence-electron chi connectivity index (χ1n) is 8.99. The summed E-state index contributed by atoms with van der Waals surface area (Å²) in [5.74, 6) is 1.80. The molecule has 134 valence electrons. The van der Waals surface area contributed by atoms with Crippen LogP contribution in [0.3, 0.4) is 0 Å². The highest BCUT2D eigenvalue weighted by Gasteiger charge is 2.08. The zero-order valence-corrected chi connectivity index (χ0v) is 14.8. The maximum Gasteiger partial charge on any atom is 0.119 e. The van der Waals surface area contributed by atoms with Crippen LogP contribution in [-0.4, -0.2) is 50.8 Å². The van der Waals surface area contributed by atoms with Crippen LogP contribution in [0.2, 0.25) is 0 Å². The summed E-state index contributed by atoms with van der Waals surface area (Å²) in [6.45, 7) is 8.74. The van der Waals surface area contributed by atoms with E-state index in [1.807, 2.05) is 55.5 Å². The average Bonchev–Trinajstić information content (AvgIpc) is 2.66. The summed E-state index contributed by atoms with van der Waals surface area (Å²) in [4.78, 5) is 2.43. The molecular weight excluding hydrogens is 314 g/mol. The van der Waals surface area contributed by atoms with Crippen molar-refractivity contribution in [3.05, 3.63) is 48.5 Å². The summed E-state index contributed by atoms with van der Waals surface area (Å²) in [7, 11) is 0. The average molecular weight is 341 g/mol. The molecule has 0 atom stereocenters. The number of benzene rings is 2. The molecule has 0 radical (unpaired) electrons. The second-order valence-corrected chi connectivity index (χ2v) is 6.05. The Bertz CT molecular complexity index is 622. The first kappa shape index (κ1) is 17.6. The Morgan fingerprint density at radius 2 is 1.44 bits per heavy atom. The van der Waals surface area contributed by atoms with Gasteiger partial charge >= 0.3 is 0 Å². The van der Waals surface area contributed by atoms with Crippen molar-refractivity contribution < 1.29 is 9.47 Å². The molecule has 1 aliphatic heterocycles. The maximum atomic E-state index is 5.85. The molecule has 0 bridgehead atoms. The van der Waals surface area contributed by atoms with Gasteiger partial charge in [0.15, 0.2) is 0 Å². The van der Waals surface area contributed by atoms with Gasteiger partial charge in [-0.05, 0) is 55.5 Å². The summed E-state index contributed by atoms with van der Waals surface area (Å²) < 4.78 is 11.3. The summed E-state index contributed by atoms with van der Waals surface area (Å²) in [5.41, 5.74) is 2.08. The fraction of sp³-hybridized carbons (Fsp3) is 0.400. The van der Waals surface area contributed by atoms with Gasteiger partial charge in [0.2, 0.25) is 0 Å². The van der Waals surface area contributed by atoms with Crippen molar-refractivity contribution in [1.29, 1.82) is 0 Å². The minimum absolute atomic E-state index is 0.683. The topological polar surface area (TPSA) is 45.8 Å². The Morgan fingerprint density at radius 1 is 0.880 bits per heavy atom. The fourth-order valence-electron chi connectivity index (χ4n) is 2.83. The zero-order valence-electron chi connectivity index (χ0n) is 14.8.